The topological polar surface area (TPSA) is 83.4 Å². The molecule has 1 aliphatic heterocycles. The number of hydrogen-bond donors (Lipinski definition) is 2. The van der Waals surface area contributed by atoms with Gasteiger partial charge in [-0.15, -0.1) is 0 Å². The average Bonchev–Trinajstić information content (AvgIpc) is 2.99. The molecule has 8 heteroatoms. The van der Waals surface area contributed by atoms with Crippen LogP contribution >= 0.6 is 0 Å². The van der Waals surface area contributed by atoms with Crippen LogP contribution in [-0.4, -0.2) is 67.0 Å². The first kappa shape index (κ1) is 18.6. The molecule has 2 aromatic rings. The second-order valence-electron chi connectivity index (χ2n) is 6.33. The Morgan fingerprint density at radius 3 is 2.88 bits per heavy atom. The van der Waals surface area contributed by atoms with E-state index in [-0.39, 0.29) is 5.97 Å². The molecule has 8 nitrogen and oxygen atoms in total. The number of fused-ring (bicyclic) bond motifs is 1. The van der Waals surface area contributed by atoms with Crippen LogP contribution in [0, 0.1) is 6.92 Å². The summed E-state index contributed by atoms with van der Waals surface area (Å²) in [6.07, 6.45) is 1.61. The van der Waals surface area contributed by atoms with E-state index in [1.54, 1.807) is 6.20 Å². The predicted molar refractivity (Wildman–Crippen MR) is 98.4 cm³/mol. The second-order valence-corrected chi connectivity index (χ2v) is 6.33. The Labute approximate surface area is 153 Å². The van der Waals surface area contributed by atoms with Crippen molar-refractivity contribution in [3.8, 4) is 0 Å². The first-order chi connectivity index (χ1) is 12.7. The number of aromatic amines is 1. The predicted octanol–water partition coefficient (Wildman–Crippen LogP) is 1.10. The van der Waals surface area contributed by atoms with E-state index in [2.05, 4.69) is 27.2 Å². The smallest absolute Gasteiger partial charge is 0.352 e. The van der Waals surface area contributed by atoms with Gasteiger partial charge in [-0.2, -0.15) is 4.68 Å². The Balaban J connectivity index is 1.89. The lowest BCUT2D eigenvalue weighted by molar-refractivity contribution is -0.725. The molecule has 0 aromatic carbocycles. The molecule has 0 saturated carbocycles. The van der Waals surface area contributed by atoms with Crippen LogP contribution in [0.15, 0.2) is 6.20 Å². The Morgan fingerprint density at radius 1 is 1.42 bits per heavy atom. The minimum atomic E-state index is -0.348. The molecule has 1 saturated heterocycles. The standard InChI is InChI=1S/C18H27N5O3/c1-4-23-17-15(13(3)21-23)16(14(12-20-17)18(24)26-5-2)19-6-7-22-8-10-25-11-9-22/h12H,4-11H2,1-3H3,(H,19,20,21,24)/p+1. The highest BCUT2D eigenvalue weighted by Crippen LogP contribution is 2.27. The number of hydrogen-bond acceptors (Lipinski definition) is 6. The number of carbonyl (C=O) groups is 1. The van der Waals surface area contributed by atoms with Gasteiger partial charge in [0.1, 0.15) is 17.5 Å². The fourth-order valence-corrected chi connectivity index (χ4v) is 3.31. The van der Waals surface area contributed by atoms with Gasteiger partial charge in [0.25, 0.3) is 0 Å². The zero-order valence-corrected chi connectivity index (χ0v) is 15.8. The summed E-state index contributed by atoms with van der Waals surface area (Å²) in [5.41, 5.74) is 3.09. The van der Waals surface area contributed by atoms with Crippen molar-refractivity contribution in [2.24, 2.45) is 0 Å². The molecule has 1 aliphatic rings. The van der Waals surface area contributed by atoms with E-state index in [1.165, 1.54) is 0 Å². The number of nitrogens with one attached hydrogen (secondary N) is 2. The molecule has 0 atom stereocenters. The van der Waals surface area contributed by atoms with Crippen LogP contribution in [0.5, 0.6) is 0 Å². The molecule has 0 unspecified atom stereocenters. The van der Waals surface area contributed by atoms with E-state index < -0.39 is 0 Å². The molecular weight excluding hydrogens is 334 g/mol. The lowest BCUT2D eigenvalue weighted by Gasteiger charge is -2.26. The van der Waals surface area contributed by atoms with E-state index in [0.29, 0.717) is 12.2 Å². The minimum Gasteiger partial charge on any atom is -0.462 e. The van der Waals surface area contributed by atoms with Crippen LogP contribution in [0.2, 0.25) is 0 Å². The number of anilines is 1. The second kappa shape index (κ2) is 8.46. The number of rotatable bonds is 7. The van der Waals surface area contributed by atoms with Gasteiger partial charge in [-0.1, -0.05) is 0 Å². The third-order valence-electron chi connectivity index (χ3n) is 4.64. The van der Waals surface area contributed by atoms with Gasteiger partial charge in [-0.3, -0.25) is 4.90 Å². The number of aromatic nitrogens is 3. The van der Waals surface area contributed by atoms with Crippen LogP contribution < -0.4 is 10.00 Å². The van der Waals surface area contributed by atoms with Gasteiger partial charge in [0.15, 0.2) is 6.20 Å². The Morgan fingerprint density at radius 2 is 2.19 bits per heavy atom. The molecule has 0 amide bonds. The molecule has 142 valence electrons. The summed E-state index contributed by atoms with van der Waals surface area (Å²) in [5, 5.41) is 7.72. The zero-order chi connectivity index (χ0) is 18.5. The lowest BCUT2D eigenvalue weighted by atomic mass is 10.1. The number of esters is 1. The van der Waals surface area contributed by atoms with E-state index in [9.17, 15) is 4.79 Å². The number of H-pyrrole nitrogens is 1. The summed E-state index contributed by atoms with van der Waals surface area (Å²) < 4.78 is 12.6. The average molecular weight is 362 g/mol. The summed E-state index contributed by atoms with van der Waals surface area (Å²) in [5.74, 6) is -0.348. The van der Waals surface area contributed by atoms with E-state index in [0.717, 1.165) is 68.4 Å². The maximum absolute atomic E-state index is 12.4. The van der Waals surface area contributed by atoms with Crippen molar-refractivity contribution in [2.45, 2.75) is 27.3 Å². The monoisotopic (exact) mass is 362 g/mol. The van der Waals surface area contributed by atoms with Gasteiger partial charge >= 0.3 is 11.6 Å². The summed E-state index contributed by atoms with van der Waals surface area (Å²) in [6.45, 7) is 12.1. The molecule has 0 radical (unpaired) electrons. The van der Waals surface area contributed by atoms with Gasteiger partial charge in [-0.05, 0) is 25.8 Å². The zero-order valence-electron chi connectivity index (χ0n) is 15.8. The number of aryl methyl sites for hydroxylation is 2. The van der Waals surface area contributed by atoms with Crippen LogP contribution in [-0.2, 0) is 16.0 Å². The summed E-state index contributed by atoms with van der Waals surface area (Å²) >= 11 is 0. The highest BCUT2D eigenvalue weighted by molar-refractivity contribution is 6.04. The maximum atomic E-state index is 12.4. The molecule has 2 N–H and O–H groups in total. The Bertz CT molecular complexity index is 768. The highest BCUT2D eigenvalue weighted by Gasteiger charge is 2.25. The molecule has 0 bridgehead atoms. The van der Waals surface area contributed by atoms with Crippen molar-refractivity contribution >= 4 is 22.7 Å². The van der Waals surface area contributed by atoms with Gasteiger partial charge in [0.2, 0.25) is 0 Å². The number of carbonyl (C=O) groups excluding carboxylic acids is 1. The highest BCUT2D eigenvalue weighted by atomic mass is 16.5. The van der Waals surface area contributed by atoms with Crippen LogP contribution in [0.25, 0.3) is 11.0 Å². The molecule has 2 aromatic heterocycles. The normalized spacial score (nSPS) is 15.3. The van der Waals surface area contributed by atoms with Gasteiger partial charge in [-0.25, -0.2) is 9.89 Å². The summed E-state index contributed by atoms with van der Waals surface area (Å²) in [4.78, 5) is 19.3. The van der Waals surface area contributed by atoms with E-state index in [1.807, 2.05) is 18.5 Å². The molecule has 0 spiro atoms. The summed E-state index contributed by atoms with van der Waals surface area (Å²) in [6, 6.07) is 0. The molecular formula is C18H28N5O3+. The molecule has 3 rings (SSSR count). The van der Waals surface area contributed by atoms with Crippen LogP contribution in [0.1, 0.15) is 29.9 Å². The number of nitrogens with zero attached hydrogens (tertiary/aromatic N) is 3. The number of pyridine rings is 1. The minimum absolute atomic E-state index is 0.338. The molecule has 3 heterocycles. The summed E-state index contributed by atoms with van der Waals surface area (Å²) in [7, 11) is 0. The molecule has 26 heavy (non-hydrogen) atoms. The van der Waals surface area contributed by atoms with Crippen LogP contribution in [0.4, 0.5) is 5.69 Å². The van der Waals surface area contributed by atoms with Crippen molar-refractivity contribution in [3.63, 3.8) is 0 Å². The van der Waals surface area contributed by atoms with Crippen molar-refractivity contribution in [1.82, 2.24) is 15.0 Å². The van der Waals surface area contributed by atoms with Gasteiger partial charge in [0, 0.05) is 26.2 Å². The fourth-order valence-electron chi connectivity index (χ4n) is 3.31. The fraction of sp³-hybridized carbons (Fsp3) is 0.611. The van der Waals surface area contributed by atoms with Crippen molar-refractivity contribution < 1.29 is 19.0 Å². The number of ether oxygens (including phenoxy) is 2. The SMILES string of the molecule is CCOC(=O)c1cnc2c(c(C)[nH][n+]2CC)c1NCCN1CCOCC1. The van der Waals surface area contributed by atoms with Crippen molar-refractivity contribution in [1.29, 1.82) is 0 Å². The Hall–Kier alpha value is -2.19. The van der Waals surface area contributed by atoms with Gasteiger partial charge < -0.3 is 14.8 Å². The quantitative estimate of drug-likeness (QED) is 0.567. The third kappa shape index (κ3) is 3.81. The van der Waals surface area contributed by atoms with E-state index in [4.69, 9.17) is 9.47 Å². The van der Waals surface area contributed by atoms with Gasteiger partial charge in [0.05, 0.1) is 31.2 Å². The largest absolute Gasteiger partial charge is 0.462 e. The maximum Gasteiger partial charge on any atom is 0.352 e. The number of morpholine rings is 1. The van der Waals surface area contributed by atoms with Crippen LogP contribution in [0.3, 0.4) is 0 Å². The molecule has 0 aliphatic carbocycles. The van der Waals surface area contributed by atoms with Crippen molar-refractivity contribution in [3.05, 3.63) is 17.5 Å². The molecule has 1 fully saturated rings. The first-order valence-electron chi connectivity index (χ1n) is 9.27. The van der Waals surface area contributed by atoms with Crippen molar-refractivity contribution in [2.75, 3.05) is 51.3 Å². The third-order valence-corrected chi connectivity index (χ3v) is 4.64. The first-order valence-corrected chi connectivity index (χ1v) is 9.27. The lowest BCUT2D eigenvalue weighted by Crippen LogP contribution is -2.39. The Kier molecular flexibility index (Phi) is 6.05. The van der Waals surface area contributed by atoms with E-state index >= 15 is 0 Å².